The number of rotatable bonds is 13. The molecule has 0 fully saturated rings. The van der Waals surface area contributed by atoms with Gasteiger partial charge in [0.25, 0.3) is 0 Å². The van der Waals surface area contributed by atoms with Gasteiger partial charge in [0.2, 0.25) is 0 Å². The molecule has 0 aromatic heterocycles. The highest BCUT2D eigenvalue weighted by Gasteiger charge is 1.99. The monoisotopic (exact) mass is 357 g/mol. The van der Waals surface area contributed by atoms with Crippen LogP contribution in [0.1, 0.15) is 24.0 Å². The van der Waals surface area contributed by atoms with Crippen LogP contribution in [0.5, 0.6) is 5.75 Å². The van der Waals surface area contributed by atoms with Crippen LogP contribution in [0.2, 0.25) is 0 Å². The standard InChI is InChI=1S/C21H27NO4/c23-21(24)11-13-22-12-10-18-8-4-9-20(16-18)26-15-5-14-25-17-19-6-2-1-3-7-19/h1-4,6-9,16,22H,5,10-15,17H2,(H,23,24). The molecule has 0 heterocycles. The lowest BCUT2D eigenvalue weighted by atomic mass is 10.1. The molecule has 5 nitrogen and oxygen atoms in total. The van der Waals surface area contributed by atoms with Crippen LogP contribution in [0.4, 0.5) is 0 Å². The summed E-state index contributed by atoms with van der Waals surface area (Å²) in [4.78, 5) is 10.5. The Bertz CT molecular complexity index is 645. The third-order valence-electron chi connectivity index (χ3n) is 3.82. The molecule has 0 saturated carbocycles. The van der Waals surface area contributed by atoms with Crippen molar-refractivity contribution in [1.29, 1.82) is 0 Å². The topological polar surface area (TPSA) is 67.8 Å². The summed E-state index contributed by atoms with van der Waals surface area (Å²) >= 11 is 0. The molecule has 2 aromatic rings. The Kier molecular flexibility index (Phi) is 9.25. The largest absolute Gasteiger partial charge is 0.493 e. The summed E-state index contributed by atoms with van der Waals surface area (Å²) in [6.07, 6.45) is 1.83. The first-order valence-electron chi connectivity index (χ1n) is 9.00. The van der Waals surface area contributed by atoms with Gasteiger partial charge < -0.3 is 19.9 Å². The number of carboxylic acid groups (broad SMARTS) is 1. The van der Waals surface area contributed by atoms with E-state index in [1.807, 2.05) is 36.4 Å². The minimum Gasteiger partial charge on any atom is -0.493 e. The number of hydrogen-bond acceptors (Lipinski definition) is 4. The predicted octanol–water partition coefficient (Wildman–Crippen LogP) is 3.28. The number of hydrogen-bond donors (Lipinski definition) is 2. The maximum absolute atomic E-state index is 10.5. The zero-order valence-corrected chi connectivity index (χ0v) is 15.0. The van der Waals surface area contributed by atoms with Gasteiger partial charge in [-0.05, 0) is 36.2 Å². The number of aliphatic carboxylic acids is 1. The lowest BCUT2D eigenvalue weighted by Gasteiger charge is -2.09. The molecule has 140 valence electrons. The molecule has 0 aliphatic heterocycles. The van der Waals surface area contributed by atoms with Crippen molar-refractivity contribution < 1.29 is 19.4 Å². The lowest BCUT2D eigenvalue weighted by Crippen LogP contribution is -2.20. The summed E-state index contributed by atoms with van der Waals surface area (Å²) in [5.74, 6) is 0.0803. The van der Waals surface area contributed by atoms with Gasteiger partial charge in [-0.3, -0.25) is 4.79 Å². The highest BCUT2D eigenvalue weighted by atomic mass is 16.5. The van der Waals surface area contributed by atoms with Crippen LogP contribution in [0.3, 0.4) is 0 Å². The molecule has 0 atom stereocenters. The number of carboxylic acids is 1. The maximum Gasteiger partial charge on any atom is 0.304 e. The van der Waals surface area contributed by atoms with Gasteiger partial charge in [0.1, 0.15) is 5.75 Å². The van der Waals surface area contributed by atoms with Crippen LogP contribution in [0.25, 0.3) is 0 Å². The molecule has 0 aliphatic rings. The van der Waals surface area contributed by atoms with Crippen molar-refractivity contribution in [3.63, 3.8) is 0 Å². The van der Waals surface area contributed by atoms with E-state index in [1.54, 1.807) is 0 Å². The average molecular weight is 357 g/mol. The SMILES string of the molecule is O=C(O)CCNCCc1cccc(OCCCOCc2ccccc2)c1. The van der Waals surface area contributed by atoms with E-state index in [4.69, 9.17) is 14.6 Å². The van der Waals surface area contributed by atoms with Crippen LogP contribution in [0.15, 0.2) is 54.6 Å². The van der Waals surface area contributed by atoms with E-state index in [-0.39, 0.29) is 6.42 Å². The predicted molar refractivity (Wildman–Crippen MR) is 101 cm³/mol. The molecule has 0 unspecified atom stereocenters. The van der Waals surface area contributed by atoms with Crippen LogP contribution < -0.4 is 10.1 Å². The Hall–Kier alpha value is -2.37. The van der Waals surface area contributed by atoms with Gasteiger partial charge >= 0.3 is 5.97 Å². The summed E-state index contributed by atoms with van der Waals surface area (Å²) in [7, 11) is 0. The highest BCUT2D eigenvalue weighted by Crippen LogP contribution is 2.14. The number of nitrogens with one attached hydrogen (secondary N) is 1. The Morgan fingerprint density at radius 2 is 1.77 bits per heavy atom. The Labute approximate surface area is 155 Å². The van der Waals surface area contributed by atoms with Crippen molar-refractivity contribution in [2.45, 2.75) is 25.9 Å². The smallest absolute Gasteiger partial charge is 0.304 e. The number of benzene rings is 2. The molecule has 5 heteroatoms. The van der Waals surface area contributed by atoms with Crippen LogP contribution in [-0.2, 0) is 22.6 Å². The lowest BCUT2D eigenvalue weighted by molar-refractivity contribution is -0.136. The molecule has 0 bridgehead atoms. The zero-order valence-electron chi connectivity index (χ0n) is 15.0. The van der Waals surface area contributed by atoms with Gasteiger partial charge in [-0.25, -0.2) is 0 Å². The van der Waals surface area contributed by atoms with Crippen molar-refractivity contribution in [1.82, 2.24) is 5.32 Å². The Morgan fingerprint density at radius 3 is 2.58 bits per heavy atom. The Morgan fingerprint density at radius 1 is 0.962 bits per heavy atom. The van der Waals surface area contributed by atoms with E-state index in [9.17, 15) is 4.79 Å². The van der Waals surface area contributed by atoms with Crippen LogP contribution in [0, 0.1) is 0 Å². The third kappa shape index (κ3) is 8.65. The van der Waals surface area contributed by atoms with E-state index in [0.717, 1.165) is 25.1 Å². The van der Waals surface area contributed by atoms with Crippen molar-refractivity contribution >= 4 is 5.97 Å². The molecule has 0 aliphatic carbocycles. The van der Waals surface area contributed by atoms with Crippen molar-refractivity contribution in [2.75, 3.05) is 26.3 Å². The normalized spacial score (nSPS) is 10.6. The summed E-state index contributed by atoms with van der Waals surface area (Å²) in [6.45, 7) is 3.17. The molecule has 2 aromatic carbocycles. The zero-order chi connectivity index (χ0) is 18.5. The maximum atomic E-state index is 10.5. The molecule has 26 heavy (non-hydrogen) atoms. The van der Waals surface area contributed by atoms with E-state index in [1.165, 1.54) is 11.1 Å². The molecule has 0 amide bonds. The molecule has 0 saturated heterocycles. The average Bonchev–Trinajstić information content (AvgIpc) is 2.65. The van der Waals surface area contributed by atoms with Crippen LogP contribution >= 0.6 is 0 Å². The fourth-order valence-electron chi connectivity index (χ4n) is 2.46. The van der Waals surface area contributed by atoms with E-state index < -0.39 is 5.97 Å². The first kappa shape index (κ1) is 19.9. The first-order chi connectivity index (χ1) is 12.7. The van der Waals surface area contributed by atoms with Gasteiger partial charge in [0, 0.05) is 13.0 Å². The van der Waals surface area contributed by atoms with Gasteiger partial charge in [-0.1, -0.05) is 42.5 Å². The fourth-order valence-corrected chi connectivity index (χ4v) is 2.46. The van der Waals surface area contributed by atoms with Crippen molar-refractivity contribution in [3.05, 3.63) is 65.7 Å². The van der Waals surface area contributed by atoms with Gasteiger partial charge in [-0.2, -0.15) is 0 Å². The van der Waals surface area contributed by atoms with E-state index >= 15 is 0 Å². The van der Waals surface area contributed by atoms with Gasteiger partial charge in [0.15, 0.2) is 0 Å². The van der Waals surface area contributed by atoms with E-state index in [0.29, 0.717) is 26.4 Å². The number of ether oxygens (including phenoxy) is 2. The third-order valence-corrected chi connectivity index (χ3v) is 3.82. The summed E-state index contributed by atoms with van der Waals surface area (Å²) in [5.41, 5.74) is 2.35. The second-order valence-electron chi connectivity index (χ2n) is 6.03. The fraction of sp³-hybridized carbons (Fsp3) is 0.381. The van der Waals surface area contributed by atoms with Gasteiger partial charge in [0.05, 0.1) is 26.2 Å². The summed E-state index contributed by atoms with van der Waals surface area (Å²) in [6, 6.07) is 18.1. The second-order valence-corrected chi connectivity index (χ2v) is 6.03. The summed E-state index contributed by atoms with van der Waals surface area (Å²) < 4.78 is 11.4. The van der Waals surface area contributed by atoms with E-state index in [2.05, 4.69) is 23.5 Å². The minimum absolute atomic E-state index is 0.148. The number of carbonyl (C=O) groups is 1. The van der Waals surface area contributed by atoms with Gasteiger partial charge in [-0.15, -0.1) is 0 Å². The quantitative estimate of drug-likeness (QED) is 0.539. The highest BCUT2D eigenvalue weighted by molar-refractivity contribution is 5.66. The van der Waals surface area contributed by atoms with Crippen molar-refractivity contribution in [3.8, 4) is 5.75 Å². The molecular formula is C21H27NO4. The molecule has 0 spiro atoms. The van der Waals surface area contributed by atoms with Crippen LogP contribution in [-0.4, -0.2) is 37.4 Å². The molecule has 0 radical (unpaired) electrons. The Balaban J connectivity index is 1.57. The molecular weight excluding hydrogens is 330 g/mol. The minimum atomic E-state index is -0.777. The molecule has 2 rings (SSSR count). The van der Waals surface area contributed by atoms with Crippen molar-refractivity contribution in [2.24, 2.45) is 0 Å². The summed E-state index contributed by atoms with van der Waals surface area (Å²) in [5, 5.41) is 11.7. The second kappa shape index (κ2) is 12.1. The molecule has 2 N–H and O–H groups in total. The first-order valence-corrected chi connectivity index (χ1v) is 9.00.